The molecule has 0 aliphatic carbocycles. The first-order valence-corrected chi connectivity index (χ1v) is 10.8. The first-order valence-electron chi connectivity index (χ1n) is 10.4. The minimum Gasteiger partial charge on any atom is -0.445 e. The Morgan fingerprint density at radius 3 is 2.38 bits per heavy atom. The fourth-order valence-corrected chi connectivity index (χ4v) is 3.20. The zero-order chi connectivity index (χ0) is 23.2. The van der Waals surface area contributed by atoms with Gasteiger partial charge in [-0.3, -0.25) is 0 Å². The maximum Gasteiger partial charge on any atom is 0.492 e. The summed E-state index contributed by atoms with van der Waals surface area (Å²) in [5.74, 6) is 0. The SMILES string of the molecule is CC1(C)OB(C(=Cc2ccccc2N=C=S)CNC(=O)OCc2ccccc2)OC1(C)C. The largest absolute Gasteiger partial charge is 0.492 e. The number of ether oxygens (including phenoxy) is 1. The number of hydrogen-bond acceptors (Lipinski definition) is 6. The van der Waals surface area contributed by atoms with E-state index in [0.717, 1.165) is 16.6 Å². The predicted molar refractivity (Wildman–Crippen MR) is 130 cm³/mol. The summed E-state index contributed by atoms with van der Waals surface area (Å²) in [7, 11) is -0.640. The van der Waals surface area contributed by atoms with E-state index in [-0.39, 0.29) is 13.2 Å². The van der Waals surface area contributed by atoms with Crippen LogP contribution >= 0.6 is 12.2 Å². The van der Waals surface area contributed by atoms with Crippen LogP contribution in [0.1, 0.15) is 38.8 Å². The highest BCUT2D eigenvalue weighted by Gasteiger charge is 2.52. The lowest BCUT2D eigenvalue weighted by atomic mass is 9.77. The minimum absolute atomic E-state index is 0.181. The Morgan fingerprint density at radius 1 is 1.09 bits per heavy atom. The van der Waals surface area contributed by atoms with Crippen molar-refractivity contribution in [1.29, 1.82) is 0 Å². The standard InChI is InChI=1S/C24H27BN2O4S/c1-23(2)24(3,4)31-25(30-23)20(14-19-12-8-9-13-21(19)27-17-32)15-26-22(28)29-16-18-10-6-5-7-11-18/h5-14H,15-16H2,1-4H3,(H,26,28). The molecule has 32 heavy (non-hydrogen) atoms. The van der Waals surface area contributed by atoms with Crippen molar-refractivity contribution in [3.63, 3.8) is 0 Å². The number of nitrogens with one attached hydrogen (secondary N) is 1. The van der Waals surface area contributed by atoms with Crippen LogP contribution in [0.25, 0.3) is 6.08 Å². The summed E-state index contributed by atoms with van der Waals surface area (Å²) < 4.78 is 17.8. The maximum absolute atomic E-state index is 12.3. The molecule has 0 saturated carbocycles. The molecule has 0 bridgehead atoms. The van der Waals surface area contributed by atoms with E-state index < -0.39 is 24.4 Å². The number of isothiocyanates is 1. The van der Waals surface area contributed by atoms with E-state index in [1.807, 2.05) is 88.4 Å². The quantitative estimate of drug-likeness (QED) is 0.349. The smallest absolute Gasteiger partial charge is 0.445 e. The third kappa shape index (κ3) is 5.93. The Hall–Kier alpha value is -2.77. The lowest BCUT2D eigenvalue weighted by Crippen LogP contribution is -2.41. The Balaban J connectivity index is 1.78. The van der Waals surface area contributed by atoms with Crippen molar-refractivity contribution in [3.05, 3.63) is 71.2 Å². The Bertz CT molecular complexity index is 1020. The summed E-state index contributed by atoms with van der Waals surface area (Å²) >= 11 is 4.77. The van der Waals surface area contributed by atoms with Gasteiger partial charge in [0.25, 0.3) is 0 Å². The molecule has 0 radical (unpaired) electrons. The molecule has 0 spiro atoms. The topological polar surface area (TPSA) is 69.2 Å². The van der Waals surface area contributed by atoms with Gasteiger partial charge in [0, 0.05) is 12.1 Å². The molecule has 1 heterocycles. The third-order valence-electron chi connectivity index (χ3n) is 5.65. The van der Waals surface area contributed by atoms with Gasteiger partial charge in [-0.2, -0.15) is 4.99 Å². The molecule has 0 aromatic heterocycles. The van der Waals surface area contributed by atoms with E-state index >= 15 is 0 Å². The molecule has 0 unspecified atom stereocenters. The molecule has 8 heteroatoms. The van der Waals surface area contributed by atoms with Gasteiger partial charge in [-0.25, -0.2) is 4.79 Å². The van der Waals surface area contributed by atoms with E-state index in [1.165, 1.54) is 0 Å². The fraction of sp³-hybridized carbons (Fsp3) is 0.333. The normalized spacial score (nSPS) is 16.9. The molecular formula is C24H27BN2O4S. The third-order valence-corrected chi connectivity index (χ3v) is 5.74. The van der Waals surface area contributed by atoms with E-state index in [4.69, 9.17) is 26.3 Å². The van der Waals surface area contributed by atoms with Crippen LogP contribution in [0.4, 0.5) is 10.5 Å². The fourth-order valence-electron chi connectivity index (χ4n) is 3.11. The summed E-state index contributed by atoms with van der Waals surface area (Å²) in [6, 6.07) is 17.0. The minimum atomic E-state index is -0.640. The van der Waals surface area contributed by atoms with Gasteiger partial charge in [0.1, 0.15) is 6.61 Å². The number of nitrogens with zero attached hydrogens (tertiary/aromatic N) is 1. The van der Waals surface area contributed by atoms with Crippen LogP contribution in [0.2, 0.25) is 0 Å². The van der Waals surface area contributed by atoms with Gasteiger partial charge in [-0.15, -0.1) is 0 Å². The molecule has 1 saturated heterocycles. The summed E-state index contributed by atoms with van der Waals surface area (Å²) in [6.07, 6.45) is 1.37. The van der Waals surface area contributed by atoms with Gasteiger partial charge in [-0.05, 0) is 57.0 Å². The average molecular weight is 450 g/mol. The number of carbonyl (C=O) groups excluding carboxylic acids is 1. The number of amides is 1. The number of hydrogen-bond donors (Lipinski definition) is 1. The van der Waals surface area contributed by atoms with Gasteiger partial charge in [0.2, 0.25) is 0 Å². The second-order valence-corrected chi connectivity index (χ2v) is 8.67. The van der Waals surface area contributed by atoms with Crippen LogP contribution in [-0.4, -0.2) is 36.1 Å². The number of benzene rings is 2. The van der Waals surface area contributed by atoms with Crippen LogP contribution in [-0.2, 0) is 20.7 Å². The van der Waals surface area contributed by atoms with Gasteiger partial charge in [0.05, 0.1) is 22.1 Å². The van der Waals surface area contributed by atoms with Crippen LogP contribution in [0.5, 0.6) is 0 Å². The van der Waals surface area contributed by atoms with Crippen molar-refractivity contribution in [2.75, 3.05) is 6.54 Å². The Kier molecular flexibility index (Phi) is 7.64. The lowest BCUT2D eigenvalue weighted by Gasteiger charge is -2.32. The van der Waals surface area contributed by atoms with Crippen molar-refractivity contribution >= 4 is 42.4 Å². The molecule has 1 fully saturated rings. The van der Waals surface area contributed by atoms with Gasteiger partial charge in [0.15, 0.2) is 0 Å². The highest BCUT2D eigenvalue weighted by molar-refractivity contribution is 7.78. The Labute approximate surface area is 194 Å². The summed E-state index contributed by atoms with van der Waals surface area (Å²) in [4.78, 5) is 16.5. The van der Waals surface area contributed by atoms with Crippen LogP contribution in [0.3, 0.4) is 0 Å². The number of carbonyl (C=O) groups is 1. The first-order chi connectivity index (χ1) is 15.2. The van der Waals surface area contributed by atoms with Crippen LogP contribution in [0.15, 0.2) is 65.1 Å². The molecule has 0 atom stereocenters. The van der Waals surface area contributed by atoms with E-state index in [0.29, 0.717) is 5.69 Å². The lowest BCUT2D eigenvalue weighted by molar-refractivity contribution is 0.00578. The van der Waals surface area contributed by atoms with Crippen molar-refractivity contribution in [2.45, 2.75) is 45.5 Å². The van der Waals surface area contributed by atoms with Crippen molar-refractivity contribution in [1.82, 2.24) is 5.32 Å². The molecule has 166 valence electrons. The number of rotatable bonds is 7. The molecule has 1 N–H and O–H groups in total. The molecule has 1 aliphatic rings. The molecule has 1 amide bonds. The van der Waals surface area contributed by atoms with Gasteiger partial charge >= 0.3 is 13.2 Å². The zero-order valence-electron chi connectivity index (χ0n) is 18.8. The summed E-state index contributed by atoms with van der Waals surface area (Å²) in [5, 5.41) is 5.20. The van der Waals surface area contributed by atoms with Crippen LogP contribution in [0, 0.1) is 0 Å². The van der Waals surface area contributed by atoms with Crippen molar-refractivity contribution < 1.29 is 18.8 Å². The summed E-state index contributed by atoms with van der Waals surface area (Å²) in [6.45, 7) is 8.30. The highest BCUT2D eigenvalue weighted by Crippen LogP contribution is 2.39. The zero-order valence-corrected chi connectivity index (χ0v) is 19.6. The molecule has 3 rings (SSSR count). The van der Waals surface area contributed by atoms with Gasteiger partial charge < -0.3 is 19.4 Å². The van der Waals surface area contributed by atoms with Crippen molar-refractivity contribution in [2.24, 2.45) is 4.99 Å². The molecule has 2 aromatic rings. The van der Waals surface area contributed by atoms with E-state index in [2.05, 4.69) is 15.5 Å². The first kappa shape index (κ1) is 23.9. The second-order valence-electron chi connectivity index (χ2n) is 8.48. The maximum atomic E-state index is 12.3. The molecular weight excluding hydrogens is 423 g/mol. The van der Waals surface area contributed by atoms with E-state index in [1.54, 1.807) is 0 Å². The molecule has 1 aliphatic heterocycles. The van der Waals surface area contributed by atoms with Crippen molar-refractivity contribution in [3.8, 4) is 0 Å². The number of alkyl carbamates (subject to hydrolysis) is 1. The predicted octanol–water partition coefficient (Wildman–Crippen LogP) is 5.36. The number of para-hydroxylation sites is 1. The van der Waals surface area contributed by atoms with E-state index in [9.17, 15) is 4.79 Å². The Morgan fingerprint density at radius 2 is 1.72 bits per heavy atom. The monoisotopic (exact) mass is 450 g/mol. The molecule has 6 nitrogen and oxygen atoms in total. The number of aliphatic imine (C=N–C) groups is 1. The number of thiocarbonyl (C=S) groups is 1. The second kappa shape index (κ2) is 10.2. The highest BCUT2D eigenvalue weighted by atomic mass is 32.1. The molecule has 2 aromatic carbocycles. The van der Waals surface area contributed by atoms with Crippen LogP contribution < -0.4 is 5.32 Å². The average Bonchev–Trinajstić information content (AvgIpc) is 2.98. The summed E-state index contributed by atoms with van der Waals surface area (Å²) in [5.41, 5.74) is 2.09. The van der Waals surface area contributed by atoms with Gasteiger partial charge in [-0.1, -0.05) is 54.6 Å².